The van der Waals surface area contributed by atoms with Crippen LogP contribution < -0.4 is 0 Å². The average Bonchev–Trinajstić information content (AvgIpc) is 1.82. The molecule has 0 N–H and O–H groups in total. The molecule has 0 aromatic rings. The van der Waals surface area contributed by atoms with Crippen LogP contribution in [0, 0.1) is 0 Å². The molecular formula is C7H12F3NO. The minimum absolute atomic E-state index is 0.195. The van der Waals surface area contributed by atoms with Crippen molar-refractivity contribution in [1.82, 2.24) is 4.90 Å². The summed E-state index contributed by atoms with van der Waals surface area (Å²) in [5, 5.41) is 0. The lowest BCUT2D eigenvalue weighted by atomic mass is 10.3. The fourth-order valence-electron chi connectivity index (χ4n) is 0.584. The van der Waals surface area contributed by atoms with Crippen LogP contribution in [-0.2, 0) is 4.79 Å². The molecule has 0 aliphatic rings. The van der Waals surface area contributed by atoms with Gasteiger partial charge in [-0.25, -0.2) is 0 Å². The van der Waals surface area contributed by atoms with Crippen molar-refractivity contribution >= 4 is 5.91 Å². The molecule has 0 aliphatic carbocycles. The molecule has 2 nitrogen and oxygen atoms in total. The van der Waals surface area contributed by atoms with E-state index in [2.05, 4.69) is 0 Å². The summed E-state index contributed by atoms with van der Waals surface area (Å²) in [7, 11) is 1.36. The number of carbonyl (C=O) groups is 1. The van der Waals surface area contributed by atoms with Crippen molar-refractivity contribution < 1.29 is 18.0 Å². The van der Waals surface area contributed by atoms with Gasteiger partial charge in [0.05, 0.1) is 0 Å². The van der Waals surface area contributed by atoms with E-state index in [-0.39, 0.29) is 6.04 Å². The van der Waals surface area contributed by atoms with Crippen LogP contribution in [0.3, 0.4) is 0 Å². The zero-order chi connectivity index (χ0) is 9.94. The summed E-state index contributed by atoms with van der Waals surface area (Å²) in [6.07, 6.45) is -5.78. The summed E-state index contributed by atoms with van der Waals surface area (Å²) in [6, 6.07) is -0.195. The van der Waals surface area contributed by atoms with E-state index in [1.54, 1.807) is 13.8 Å². The molecule has 0 aliphatic heterocycles. The SMILES string of the molecule is CC(C)N(C)C(=O)CC(F)(F)F. The molecule has 1 amide bonds. The Morgan fingerprint density at radius 3 is 2.08 bits per heavy atom. The van der Waals surface area contributed by atoms with Gasteiger partial charge < -0.3 is 4.90 Å². The van der Waals surface area contributed by atoms with E-state index < -0.39 is 18.5 Å². The summed E-state index contributed by atoms with van der Waals surface area (Å²) < 4.78 is 35.0. The van der Waals surface area contributed by atoms with Gasteiger partial charge in [-0.15, -0.1) is 0 Å². The summed E-state index contributed by atoms with van der Waals surface area (Å²) >= 11 is 0. The second kappa shape index (κ2) is 3.78. The molecule has 0 fully saturated rings. The minimum atomic E-state index is -4.40. The van der Waals surface area contributed by atoms with E-state index in [0.717, 1.165) is 4.90 Å². The van der Waals surface area contributed by atoms with Gasteiger partial charge in [0, 0.05) is 13.1 Å². The maximum Gasteiger partial charge on any atom is 0.397 e. The minimum Gasteiger partial charge on any atom is -0.343 e. The number of carbonyl (C=O) groups excluding carboxylic acids is 1. The number of hydrogen-bond donors (Lipinski definition) is 0. The Bertz CT molecular complexity index is 165. The van der Waals surface area contributed by atoms with Crippen LogP contribution in [0.15, 0.2) is 0 Å². The van der Waals surface area contributed by atoms with Crippen molar-refractivity contribution in [3.05, 3.63) is 0 Å². The molecular weight excluding hydrogens is 171 g/mol. The lowest BCUT2D eigenvalue weighted by Gasteiger charge is -2.21. The summed E-state index contributed by atoms with van der Waals surface area (Å²) in [5.74, 6) is -0.891. The quantitative estimate of drug-likeness (QED) is 0.639. The van der Waals surface area contributed by atoms with E-state index in [9.17, 15) is 18.0 Å². The van der Waals surface area contributed by atoms with Gasteiger partial charge in [-0.05, 0) is 13.8 Å². The number of halogens is 3. The first-order chi connectivity index (χ1) is 5.24. The molecule has 0 radical (unpaired) electrons. The van der Waals surface area contributed by atoms with Crippen molar-refractivity contribution in [1.29, 1.82) is 0 Å². The number of rotatable bonds is 2. The number of nitrogens with zero attached hydrogens (tertiary/aromatic N) is 1. The third kappa shape index (κ3) is 4.20. The van der Waals surface area contributed by atoms with Crippen LogP contribution in [0.1, 0.15) is 20.3 Å². The van der Waals surface area contributed by atoms with Gasteiger partial charge in [0.1, 0.15) is 6.42 Å². The Hall–Kier alpha value is -0.740. The highest BCUT2D eigenvalue weighted by atomic mass is 19.4. The standard InChI is InChI=1S/C7H12F3NO/c1-5(2)11(3)6(12)4-7(8,9)10/h5H,4H2,1-3H3. The maximum atomic E-state index is 11.7. The Morgan fingerprint density at radius 2 is 1.83 bits per heavy atom. The third-order valence-electron chi connectivity index (χ3n) is 1.52. The molecule has 0 saturated heterocycles. The zero-order valence-electron chi connectivity index (χ0n) is 7.27. The van der Waals surface area contributed by atoms with E-state index in [1.165, 1.54) is 7.05 Å². The predicted octanol–water partition coefficient (Wildman–Crippen LogP) is 1.81. The highest BCUT2D eigenvalue weighted by Crippen LogP contribution is 2.20. The van der Waals surface area contributed by atoms with Crippen LogP contribution >= 0.6 is 0 Å². The third-order valence-corrected chi connectivity index (χ3v) is 1.52. The number of amides is 1. The van der Waals surface area contributed by atoms with Gasteiger partial charge in [0.2, 0.25) is 5.91 Å². The zero-order valence-corrected chi connectivity index (χ0v) is 7.27. The van der Waals surface area contributed by atoms with Gasteiger partial charge in [0.25, 0.3) is 0 Å². The molecule has 0 heterocycles. The van der Waals surface area contributed by atoms with Gasteiger partial charge in [-0.2, -0.15) is 13.2 Å². The molecule has 0 aromatic carbocycles. The maximum absolute atomic E-state index is 11.7. The molecule has 0 atom stereocenters. The molecule has 72 valence electrons. The molecule has 0 spiro atoms. The predicted molar refractivity (Wildman–Crippen MR) is 38.6 cm³/mol. The van der Waals surface area contributed by atoms with Crippen LogP contribution in [0.5, 0.6) is 0 Å². The fraction of sp³-hybridized carbons (Fsp3) is 0.857. The molecule has 0 saturated carbocycles. The van der Waals surface area contributed by atoms with Crippen LogP contribution in [0.4, 0.5) is 13.2 Å². The number of alkyl halides is 3. The summed E-state index contributed by atoms with van der Waals surface area (Å²) in [4.78, 5) is 11.9. The van der Waals surface area contributed by atoms with Gasteiger partial charge in [-0.3, -0.25) is 4.79 Å². The Morgan fingerprint density at radius 1 is 1.42 bits per heavy atom. The summed E-state index contributed by atoms with van der Waals surface area (Å²) in [5.41, 5.74) is 0. The molecule has 0 unspecified atom stereocenters. The summed E-state index contributed by atoms with van der Waals surface area (Å²) in [6.45, 7) is 3.32. The molecule has 0 rings (SSSR count). The van der Waals surface area contributed by atoms with Crippen molar-refractivity contribution in [3.8, 4) is 0 Å². The second-order valence-electron chi connectivity index (χ2n) is 2.89. The lowest BCUT2D eigenvalue weighted by molar-refractivity contribution is -0.161. The molecule has 0 bridgehead atoms. The normalized spacial score (nSPS) is 11.9. The van der Waals surface area contributed by atoms with Crippen molar-refractivity contribution in [2.45, 2.75) is 32.5 Å². The largest absolute Gasteiger partial charge is 0.397 e. The fourth-order valence-corrected chi connectivity index (χ4v) is 0.584. The van der Waals surface area contributed by atoms with E-state index in [0.29, 0.717) is 0 Å². The van der Waals surface area contributed by atoms with E-state index >= 15 is 0 Å². The van der Waals surface area contributed by atoms with Gasteiger partial charge in [0.15, 0.2) is 0 Å². The topological polar surface area (TPSA) is 20.3 Å². The Balaban J connectivity index is 4.05. The first-order valence-corrected chi connectivity index (χ1v) is 3.56. The van der Waals surface area contributed by atoms with Crippen LogP contribution in [0.25, 0.3) is 0 Å². The van der Waals surface area contributed by atoms with Crippen LogP contribution in [-0.4, -0.2) is 30.1 Å². The van der Waals surface area contributed by atoms with Gasteiger partial charge in [-0.1, -0.05) is 0 Å². The van der Waals surface area contributed by atoms with E-state index in [1.807, 2.05) is 0 Å². The Kier molecular flexibility index (Phi) is 3.55. The van der Waals surface area contributed by atoms with E-state index in [4.69, 9.17) is 0 Å². The van der Waals surface area contributed by atoms with Crippen molar-refractivity contribution in [2.75, 3.05) is 7.05 Å². The number of hydrogen-bond acceptors (Lipinski definition) is 1. The van der Waals surface area contributed by atoms with Crippen molar-refractivity contribution in [2.24, 2.45) is 0 Å². The molecule has 0 aromatic heterocycles. The van der Waals surface area contributed by atoms with Crippen LogP contribution in [0.2, 0.25) is 0 Å². The lowest BCUT2D eigenvalue weighted by Crippen LogP contribution is -2.35. The first kappa shape index (κ1) is 11.3. The molecule has 5 heteroatoms. The van der Waals surface area contributed by atoms with Crippen molar-refractivity contribution in [3.63, 3.8) is 0 Å². The first-order valence-electron chi connectivity index (χ1n) is 3.56. The Labute approximate surface area is 69.3 Å². The average molecular weight is 183 g/mol. The monoisotopic (exact) mass is 183 g/mol. The molecule has 12 heavy (non-hydrogen) atoms. The second-order valence-corrected chi connectivity index (χ2v) is 2.89. The van der Waals surface area contributed by atoms with Gasteiger partial charge >= 0.3 is 6.18 Å². The highest BCUT2D eigenvalue weighted by Gasteiger charge is 2.32. The smallest absolute Gasteiger partial charge is 0.343 e. The highest BCUT2D eigenvalue weighted by molar-refractivity contribution is 5.76.